The Labute approximate surface area is 148 Å². The van der Waals surface area contributed by atoms with Crippen LogP contribution in [-0.2, 0) is 13.6 Å². The van der Waals surface area contributed by atoms with E-state index in [1.165, 1.54) is 27.6 Å². The lowest BCUT2D eigenvalue weighted by Gasteiger charge is -2.07. The van der Waals surface area contributed by atoms with E-state index in [9.17, 15) is 0 Å². The topological polar surface area (TPSA) is 44.5 Å². The van der Waals surface area contributed by atoms with E-state index in [1.807, 2.05) is 18.5 Å². The number of para-hydroxylation sites is 2. The minimum absolute atomic E-state index is 0.890. The molecule has 2 aromatic carbocycles. The fourth-order valence-corrected chi connectivity index (χ4v) is 4.54. The monoisotopic (exact) mass is 342 g/mol. The molecule has 0 unspecified atom stereocenters. The standard InChI is InChI=1S/C20H18N6/c1-4-24-18-12(2)17-16(11-15(18)25-10-9-21-19(24)25)26-14-8-6-5-7-13(14)22-20(26)23(17)3/h5-11H,4H2,1-3H3. The average molecular weight is 342 g/mol. The molecule has 26 heavy (non-hydrogen) atoms. The summed E-state index contributed by atoms with van der Waals surface area (Å²) in [5.74, 6) is 1.97. The Hall–Kier alpha value is -3.28. The van der Waals surface area contributed by atoms with Crippen LogP contribution in [-0.4, -0.2) is 27.9 Å². The summed E-state index contributed by atoms with van der Waals surface area (Å²) in [4.78, 5) is 9.43. The Morgan fingerprint density at radius 2 is 1.85 bits per heavy atom. The van der Waals surface area contributed by atoms with Crippen molar-refractivity contribution < 1.29 is 0 Å². The van der Waals surface area contributed by atoms with Gasteiger partial charge in [0, 0.05) is 31.5 Å². The van der Waals surface area contributed by atoms with Gasteiger partial charge in [0.25, 0.3) is 0 Å². The number of hydrogen-bond acceptors (Lipinski definition) is 2. The van der Waals surface area contributed by atoms with E-state index in [2.05, 4.69) is 68.1 Å². The number of rotatable bonds is 1. The van der Waals surface area contributed by atoms with Gasteiger partial charge in [0.15, 0.2) is 0 Å². The summed E-state index contributed by atoms with van der Waals surface area (Å²) in [6, 6.07) is 10.6. The molecular weight excluding hydrogens is 324 g/mol. The first kappa shape index (κ1) is 13.9. The number of imidazole rings is 4. The first-order valence-electron chi connectivity index (χ1n) is 8.91. The van der Waals surface area contributed by atoms with Gasteiger partial charge in [0.1, 0.15) is 0 Å². The number of aromatic nitrogens is 6. The molecule has 0 aliphatic carbocycles. The number of benzene rings is 2. The molecule has 0 bridgehead atoms. The highest BCUT2D eigenvalue weighted by Crippen LogP contribution is 2.33. The fourth-order valence-electron chi connectivity index (χ4n) is 4.54. The lowest BCUT2D eigenvalue weighted by molar-refractivity contribution is 0.805. The summed E-state index contributed by atoms with van der Waals surface area (Å²) in [5.41, 5.74) is 8.28. The number of hydrogen-bond donors (Lipinski definition) is 0. The first-order valence-corrected chi connectivity index (χ1v) is 8.91. The van der Waals surface area contributed by atoms with Crippen LogP contribution in [0.5, 0.6) is 0 Å². The van der Waals surface area contributed by atoms with Gasteiger partial charge in [-0.05, 0) is 32.0 Å². The van der Waals surface area contributed by atoms with Crippen molar-refractivity contribution in [2.75, 3.05) is 0 Å². The summed E-state index contributed by atoms with van der Waals surface area (Å²) in [6.45, 7) is 5.27. The van der Waals surface area contributed by atoms with Crippen LogP contribution in [0, 0.1) is 6.92 Å². The van der Waals surface area contributed by atoms with Gasteiger partial charge in [0.05, 0.1) is 33.1 Å². The van der Waals surface area contributed by atoms with E-state index in [1.54, 1.807) is 0 Å². The molecule has 0 N–H and O–H groups in total. The first-order chi connectivity index (χ1) is 12.7. The predicted molar refractivity (Wildman–Crippen MR) is 104 cm³/mol. The number of aryl methyl sites for hydroxylation is 3. The van der Waals surface area contributed by atoms with Crippen molar-refractivity contribution in [2.45, 2.75) is 20.4 Å². The third kappa shape index (κ3) is 1.41. The van der Waals surface area contributed by atoms with Gasteiger partial charge in [0.2, 0.25) is 11.6 Å². The van der Waals surface area contributed by atoms with Crippen molar-refractivity contribution >= 4 is 44.7 Å². The van der Waals surface area contributed by atoms with Crippen molar-refractivity contribution in [1.29, 1.82) is 0 Å². The van der Waals surface area contributed by atoms with E-state index >= 15 is 0 Å². The van der Waals surface area contributed by atoms with Gasteiger partial charge in [-0.15, -0.1) is 0 Å². The van der Waals surface area contributed by atoms with Gasteiger partial charge in [-0.25, -0.2) is 9.97 Å². The van der Waals surface area contributed by atoms with Gasteiger partial charge < -0.3 is 9.13 Å². The molecule has 0 aliphatic rings. The molecule has 0 saturated carbocycles. The van der Waals surface area contributed by atoms with E-state index in [0.717, 1.165) is 29.1 Å². The van der Waals surface area contributed by atoms with E-state index < -0.39 is 0 Å². The molecule has 4 aromatic heterocycles. The Bertz CT molecular complexity index is 1490. The van der Waals surface area contributed by atoms with E-state index in [4.69, 9.17) is 4.98 Å². The van der Waals surface area contributed by atoms with Crippen LogP contribution in [0.2, 0.25) is 0 Å². The maximum atomic E-state index is 4.86. The molecule has 128 valence electrons. The second-order valence-electron chi connectivity index (χ2n) is 6.87. The highest BCUT2D eigenvalue weighted by atomic mass is 15.2. The van der Waals surface area contributed by atoms with Gasteiger partial charge in [-0.3, -0.25) is 8.80 Å². The van der Waals surface area contributed by atoms with Crippen LogP contribution in [0.15, 0.2) is 42.7 Å². The maximum absolute atomic E-state index is 4.86. The molecule has 0 saturated heterocycles. The smallest absolute Gasteiger partial charge is 0.215 e. The second-order valence-corrected chi connectivity index (χ2v) is 6.87. The van der Waals surface area contributed by atoms with Crippen molar-refractivity contribution in [3.63, 3.8) is 0 Å². The van der Waals surface area contributed by atoms with Crippen LogP contribution in [0.4, 0.5) is 0 Å². The molecule has 6 aromatic rings. The minimum Gasteiger partial charge on any atom is -0.312 e. The summed E-state index contributed by atoms with van der Waals surface area (Å²) in [5, 5.41) is 0. The predicted octanol–water partition coefficient (Wildman–Crippen LogP) is 3.91. The molecule has 0 aliphatic heterocycles. The van der Waals surface area contributed by atoms with Crippen molar-refractivity contribution in [3.8, 4) is 0 Å². The third-order valence-corrected chi connectivity index (χ3v) is 5.60. The van der Waals surface area contributed by atoms with Crippen molar-refractivity contribution in [2.24, 2.45) is 7.05 Å². The number of nitrogens with zero attached hydrogens (tertiary/aromatic N) is 6. The van der Waals surface area contributed by atoms with Gasteiger partial charge >= 0.3 is 0 Å². The molecule has 6 heteroatoms. The molecule has 0 radical (unpaired) electrons. The van der Waals surface area contributed by atoms with Crippen LogP contribution in [0.25, 0.3) is 44.7 Å². The summed E-state index contributed by atoms with van der Waals surface area (Å²) in [7, 11) is 2.10. The zero-order valence-corrected chi connectivity index (χ0v) is 14.9. The lowest BCUT2D eigenvalue weighted by atomic mass is 10.1. The zero-order chi connectivity index (χ0) is 17.6. The van der Waals surface area contributed by atoms with Crippen LogP contribution in [0.3, 0.4) is 0 Å². The molecule has 6 rings (SSSR count). The lowest BCUT2D eigenvalue weighted by Crippen LogP contribution is -1.98. The average Bonchev–Trinajstić information content (AvgIpc) is 3.37. The molecule has 0 fully saturated rings. The van der Waals surface area contributed by atoms with Crippen LogP contribution >= 0.6 is 0 Å². The molecule has 0 atom stereocenters. The van der Waals surface area contributed by atoms with Crippen molar-refractivity contribution in [1.82, 2.24) is 27.9 Å². The highest BCUT2D eigenvalue weighted by molar-refractivity contribution is 6.01. The summed E-state index contributed by atoms with van der Waals surface area (Å²) in [6.07, 6.45) is 3.91. The Balaban J connectivity index is 1.95. The normalized spacial score (nSPS) is 12.6. The van der Waals surface area contributed by atoms with Gasteiger partial charge in [-0.1, -0.05) is 12.1 Å². The fraction of sp³-hybridized carbons (Fsp3) is 0.200. The third-order valence-electron chi connectivity index (χ3n) is 5.60. The Kier molecular flexibility index (Phi) is 2.39. The highest BCUT2D eigenvalue weighted by Gasteiger charge is 2.21. The molecule has 0 amide bonds. The molecular formula is C20H18N6. The Morgan fingerprint density at radius 1 is 1.00 bits per heavy atom. The minimum atomic E-state index is 0.890. The van der Waals surface area contributed by atoms with Gasteiger partial charge in [-0.2, -0.15) is 0 Å². The Morgan fingerprint density at radius 3 is 2.69 bits per heavy atom. The molecule has 0 spiro atoms. The molecule has 4 heterocycles. The van der Waals surface area contributed by atoms with Crippen LogP contribution < -0.4 is 0 Å². The summed E-state index contributed by atoms with van der Waals surface area (Å²) >= 11 is 0. The van der Waals surface area contributed by atoms with E-state index in [-0.39, 0.29) is 0 Å². The van der Waals surface area contributed by atoms with Crippen LogP contribution in [0.1, 0.15) is 12.5 Å². The summed E-state index contributed by atoms with van der Waals surface area (Å²) < 4.78 is 8.95. The molecule has 6 nitrogen and oxygen atoms in total. The van der Waals surface area contributed by atoms with E-state index in [0.29, 0.717) is 0 Å². The quantitative estimate of drug-likeness (QED) is 0.455. The maximum Gasteiger partial charge on any atom is 0.215 e. The largest absolute Gasteiger partial charge is 0.312 e. The number of fused-ring (bicyclic) bond motifs is 8. The second kappa shape index (κ2) is 4.46. The SMILES string of the molecule is CCn1c2c(C)c3c(cc2n2ccnc12)n1c2ccccc2nc1n3C. The van der Waals surface area contributed by atoms with Crippen molar-refractivity contribution in [3.05, 3.63) is 48.3 Å². The zero-order valence-electron chi connectivity index (χ0n) is 14.9.